The Morgan fingerprint density at radius 3 is 2.61 bits per heavy atom. The van der Waals surface area contributed by atoms with E-state index in [1.807, 2.05) is 20.8 Å². The molecule has 7 nitrogen and oxygen atoms in total. The number of hydrogen-bond donors (Lipinski definition) is 2. The zero-order valence-corrected chi connectivity index (χ0v) is 14.3. The predicted octanol–water partition coefficient (Wildman–Crippen LogP) is 2.12. The number of carbonyl (C=O) groups excluding carboxylic acids is 1. The standard InChI is InChI=1S/C16H27N3O4/c1-5-23-8-6-7-19(10-12(4)16(21)22)15(20)14-9-13(11(2)3)17-18-14/h9,11-12H,5-8,10H2,1-4H3,(H,17,18)(H,21,22). The summed E-state index contributed by atoms with van der Waals surface area (Å²) in [5.74, 6) is -1.56. The third kappa shape index (κ3) is 6.02. The van der Waals surface area contributed by atoms with Gasteiger partial charge >= 0.3 is 5.97 Å². The van der Waals surface area contributed by atoms with Crippen molar-refractivity contribution in [2.45, 2.75) is 40.0 Å². The first kappa shape index (κ1) is 19.2. The van der Waals surface area contributed by atoms with Crippen LogP contribution < -0.4 is 0 Å². The Bertz CT molecular complexity index is 513. The minimum absolute atomic E-state index is 0.157. The number of nitrogens with one attached hydrogen (secondary N) is 1. The first-order chi connectivity index (χ1) is 10.9. The number of H-pyrrole nitrogens is 1. The van der Waals surface area contributed by atoms with Gasteiger partial charge in [-0.2, -0.15) is 5.10 Å². The maximum absolute atomic E-state index is 12.6. The lowest BCUT2D eigenvalue weighted by Gasteiger charge is -2.23. The number of nitrogens with zero attached hydrogens (tertiary/aromatic N) is 2. The summed E-state index contributed by atoms with van der Waals surface area (Å²) in [6, 6.07) is 1.73. The van der Waals surface area contributed by atoms with Crippen LogP contribution in [0, 0.1) is 5.92 Å². The molecule has 1 heterocycles. The van der Waals surface area contributed by atoms with E-state index in [1.54, 1.807) is 13.0 Å². The zero-order valence-electron chi connectivity index (χ0n) is 14.3. The van der Waals surface area contributed by atoms with Gasteiger partial charge in [-0.15, -0.1) is 0 Å². The number of aromatic nitrogens is 2. The van der Waals surface area contributed by atoms with Crippen molar-refractivity contribution in [1.82, 2.24) is 15.1 Å². The lowest BCUT2D eigenvalue weighted by atomic mass is 10.1. The summed E-state index contributed by atoms with van der Waals surface area (Å²) in [6.45, 7) is 9.28. The molecule has 1 amide bonds. The van der Waals surface area contributed by atoms with Crippen molar-refractivity contribution in [2.24, 2.45) is 5.92 Å². The lowest BCUT2D eigenvalue weighted by Crippen LogP contribution is -2.38. The molecular weight excluding hydrogens is 298 g/mol. The Kier molecular flexibility index (Phi) is 7.74. The van der Waals surface area contributed by atoms with Crippen LogP contribution in [0.4, 0.5) is 0 Å². The van der Waals surface area contributed by atoms with E-state index in [9.17, 15) is 9.59 Å². The van der Waals surface area contributed by atoms with Crippen LogP contribution >= 0.6 is 0 Å². The molecule has 1 rings (SSSR count). The quantitative estimate of drug-likeness (QED) is 0.642. The minimum Gasteiger partial charge on any atom is -0.481 e. The van der Waals surface area contributed by atoms with Crippen molar-refractivity contribution in [2.75, 3.05) is 26.3 Å². The summed E-state index contributed by atoms with van der Waals surface area (Å²) >= 11 is 0. The topological polar surface area (TPSA) is 95.5 Å². The average molecular weight is 325 g/mol. The van der Waals surface area contributed by atoms with Gasteiger partial charge in [-0.05, 0) is 25.3 Å². The SMILES string of the molecule is CCOCCCN(CC(C)C(=O)O)C(=O)c1cc(C(C)C)[nH]n1. The molecule has 2 N–H and O–H groups in total. The zero-order chi connectivity index (χ0) is 17.4. The van der Waals surface area contributed by atoms with E-state index in [0.717, 1.165) is 5.69 Å². The van der Waals surface area contributed by atoms with Gasteiger partial charge in [0.2, 0.25) is 0 Å². The Balaban J connectivity index is 2.78. The molecule has 0 saturated heterocycles. The first-order valence-electron chi connectivity index (χ1n) is 8.01. The van der Waals surface area contributed by atoms with Crippen LogP contribution in [0.2, 0.25) is 0 Å². The van der Waals surface area contributed by atoms with Gasteiger partial charge in [-0.1, -0.05) is 20.8 Å². The highest BCUT2D eigenvalue weighted by molar-refractivity contribution is 5.92. The van der Waals surface area contributed by atoms with Gasteiger partial charge in [0.15, 0.2) is 0 Å². The van der Waals surface area contributed by atoms with Gasteiger partial charge in [0.1, 0.15) is 5.69 Å². The Labute approximate surface area is 137 Å². The van der Waals surface area contributed by atoms with Crippen LogP contribution in [0.1, 0.15) is 56.2 Å². The highest BCUT2D eigenvalue weighted by Crippen LogP contribution is 2.14. The molecule has 0 fully saturated rings. The van der Waals surface area contributed by atoms with Gasteiger partial charge < -0.3 is 14.7 Å². The van der Waals surface area contributed by atoms with E-state index in [0.29, 0.717) is 31.9 Å². The fourth-order valence-electron chi connectivity index (χ4n) is 2.09. The maximum Gasteiger partial charge on any atom is 0.308 e. The van der Waals surface area contributed by atoms with E-state index >= 15 is 0 Å². The molecule has 1 aromatic rings. The largest absolute Gasteiger partial charge is 0.481 e. The number of hydrogen-bond acceptors (Lipinski definition) is 4. The van der Waals surface area contributed by atoms with Crippen molar-refractivity contribution in [3.8, 4) is 0 Å². The summed E-state index contributed by atoms with van der Waals surface area (Å²) in [7, 11) is 0. The fourth-order valence-corrected chi connectivity index (χ4v) is 2.09. The van der Waals surface area contributed by atoms with Crippen molar-refractivity contribution in [1.29, 1.82) is 0 Å². The summed E-state index contributed by atoms with van der Waals surface area (Å²) in [5, 5.41) is 16.0. The third-order valence-electron chi connectivity index (χ3n) is 3.56. The molecule has 0 bridgehead atoms. The number of aromatic amines is 1. The average Bonchev–Trinajstić information content (AvgIpc) is 2.99. The molecule has 0 aliphatic rings. The molecule has 0 aromatic carbocycles. The molecule has 23 heavy (non-hydrogen) atoms. The number of carboxylic acids is 1. The summed E-state index contributed by atoms with van der Waals surface area (Å²) in [4.78, 5) is 25.2. The van der Waals surface area contributed by atoms with E-state index in [1.165, 1.54) is 4.90 Å². The Morgan fingerprint density at radius 1 is 1.39 bits per heavy atom. The Morgan fingerprint density at radius 2 is 2.09 bits per heavy atom. The van der Waals surface area contributed by atoms with Gasteiger partial charge in [0.05, 0.1) is 5.92 Å². The number of ether oxygens (including phenoxy) is 1. The molecule has 0 saturated carbocycles. The second kappa shape index (κ2) is 9.29. The van der Waals surface area contributed by atoms with E-state index in [-0.39, 0.29) is 18.4 Å². The molecule has 1 atom stereocenters. The van der Waals surface area contributed by atoms with E-state index in [4.69, 9.17) is 9.84 Å². The number of amides is 1. The van der Waals surface area contributed by atoms with Crippen LogP contribution in [0.3, 0.4) is 0 Å². The van der Waals surface area contributed by atoms with Crippen molar-refractivity contribution in [3.63, 3.8) is 0 Å². The van der Waals surface area contributed by atoms with Crippen LogP contribution in [-0.2, 0) is 9.53 Å². The number of aliphatic carboxylic acids is 1. The van der Waals surface area contributed by atoms with E-state index < -0.39 is 11.9 Å². The predicted molar refractivity (Wildman–Crippen MR) is 86.5 cm³/mol. The number of carboxylic acid groups (broad SMARTS) is 1. The van der Waals surface area contributed by atoms with Crippen molar-refractivity contribution in [3.05, 3.63) is 17.5 Å². The first-order valence-corrected chi connectivity index (χ1v) is 8.01. The summed E-state index contributed by atoms with van der Waals surface area (Å²) in [6.07, 6.45) is 0.660. The molecular formula is C16H27N3O4. The minimum atomic E-state index is -0.919. The molecule has 0 radical (unpaired) electrons. The third-order valence-corrected chi connectivity index (χ3v) is 3.56. The molecule has 1 unspecified atom stereocenters. The lowest BCUT2D eigenvalue weighted by molar-refractivity contribution is -0.141. The molecule has 130 valence electrons. The van der Waals surface area contributed by atoms with Gasteiger partial charge in [0.25, 0.3) is 5.91 Å². The summed E-state index contributed by atoms with van der Waals surface area (Å²) in [5.41, 5.74) is 1.21. The molecule has 1 aromatic heterocycles. The fraction of sp³-hybridized carbons (Fsp3) is 0.688. The molecule has 0 aliphatic carbocycles. The Hall–Kier alpha value is -1.89. The van der Waals surface area contributed by atoms with Crippen molar-refractivity contribution < 1.29 is 19.4 Å². The highest BCUT2D eigenvalue weighted by atomic mass is 16.5. The molecule has 0 aliphatic heterocycles. The van der Waals surface area contributed by atoms with Gasteiger partial charge in [-0.3, -0.25) is 14.7 Å². The number of carbonyl (C=O) groups is 2. The summed E-state index contributed by atoms with van der Waals surface area (Å²) < 4.78 is 5.28. The van der Waals surface area contributed by atoms with Gasteiger partial charge in [0, 0.05) is 32.0 Å². The maximum atomic E-state index is 12.6. The van der Waals surface area contributed by atoms with Crippen LogP contribution in [0.5, 0.6) is 0 Å². The van der Waals surface area contributed by atoms with Crippen molar-refractivity contribution >= 4 is 11.9 Å². The van der Waals surface area contributed by atoms with Gasteiger partial charge in [-0.25, -0.2) is 0 Å². The highest BCUT2D eigenvalue weighted by Gasteiger charge is 2.23. The second-order valence-corrected chi connectivity index (χ2v) is 5.90. The van der Waals surface area contributed by atoms with Crippen LogP contribution in [0.25, 0.3) is 0 Å². The second-order valence-electron chi connectivity index (χ2n) is 5.90. The normalized spacial score (nSPS) is 12.4. The van der Waals surface area contributed by atoms with Crippen LogP contribution in [-0.4, -0.2) is 58.4 Å². The monoisotopic (exact) mass is 325 g/mol. The number of rotatable bonds is 10. The molecule has 0 spiro atoms. The van der Waals surface area contributed by atoms with Crippen LogP contribution in [0.15, 0.2) is 6.07 Å². The van der Waals surface area contributed by atoms with E-state index in [2.05, 4.69) is 10.2 Å². The smallest absolute Gasteiger partial charge is 0.308 e. The molecule has 7 heteroatoms.